The van der Waals surface area contributed by atoms with Gasteiger partial charge in [-0.25, -0.2) is 0 Å². The van der Waals surface area contributed by atoms with Gasteiger partial charge in [0.2, 0.25) is 0 Å². The summed E-state index contributed by atoms with van der Waals surface area (Å²) in [5.41, 5.74) is 0. The number of halogens is 2. The van der Waals surface area contributed by atoms with E-state index in [1.54, 1.807) is 0 Å². The van der Waals surface area contributed by atoms with Crippen molar-refractivity contribution < 1.29 is 0 Å². The highest BCUT2D eigenvalue weighted by molar-refractivity contribution is 9.11. The SMILES string of the molecule is CC(Br)CCCCCCC1C=C(Br)C=CC1. The molecule has 2 heteroatoms. The van der Waals surface area contributed by atoms with Gasteiger partial charge in [-0.1, -0.05) is 82.7 Å². The van der Waals surface area contributed by atoms with Crippen molar-refractivity contribution in [1.82, 2.24) is 0 Å². The van der Waals surface area contributed by atoms with E-state index in [1.807, 2.05) is 0 Å². The summed E-state index contributed by atoms with van der Waals surface area (Å²) in [5.74, 6) is 0.773. The number of hydrogen-bond acceptors (Lipinski definition) is 0. The molecule has 1 rings (SSSR count). The van der Waals surface area contributed by atoms with E-state index < -0.39 is 0 Å². The molecule has 0 aromatic carbocycles. The minimum Gasteiger partial charge on any atom is -0.0894 e. The zero-order valence-corrected chi connectivity index (χ0v) is 13.3. The summed E-state index contributed by atoms with van der Waals surface area (Å²) in [6, 6.07) is 0. The Hall–Kier alpha value is 0.440. The van der Waals surface area contributed by atoms with E-state index in [2.05, 4.69) is 57.0 Å². The Bertz CT molecular complexity index is 241. The summed E-state index contributed by atoms with van der Waals surface area (Å²) in [7, 11) is 0. The van der Waals surface area contributed by atoms with Crippen LogP contribution in [-0.2, 0) is 0 Å². The maximum Gasteiger partial charge on any atom is 0.0135 e. The molecule has 0 aromatic rings. The molecule has 1 aliphatic rings. The Morgan fingerprint density at radius 3 is 2.75 bits per heavy atom. The van der Waals surface area contributed by atoms with Crippen LogP contribution in [0.2, 0.25) is 0 Å². The average molecular weight is 350 g/mol. The van der Waals surface area contributed by atoms with E-state index in [0.29, 0.717) is 4.83 Å². The van der Waals surface area contributed by atoms with Gasteiger partial charge in [0.15, 0.2) is 0 Å². The second-order valence-corrected chi connectivity index (χ2v) is 7.20. The summed E-state index contributed by atoms with van der Waals surface area (Å²) in [5, 5.41) is 0. The van der Waals surface area contributed by atoms with Gasteiger partial charge >= 0.3 is 0 Å². The summed E-state index contributed by atoms with van der Waals surface area (Å²) < 4.78 is 1.26. The highest BCUT2D eigenvalue weighted by atomic mass is 79.9. The highest BCUT2D eigenvalue weighted by Gasteiger charge is 2.07. The van der Waals surface area contributed by atoms with E-state index in [9.17, 15) is 0 Å². The van der Waals surface area contributed by atoms with E-state index in [0.717, 1.165) is 5.92 Å². The fraction of sp³-hybridized carbons (Fsp3) is 0.714. The van der Waals surface area contributed by atoms with Crippen LogP contribution in [0.15, 0.2) is 22.7 Å². The average Bonchev–Trinajstić information content (AvgIpc) is 2.23. The Kier molecular flexibility index (Phi) is 7.72. The van der Waals surface area contributed by atoms with Crippen molar-refractivity contribution in [2.24, 2.45) is 5.92 Å². The molecule has 16 heavy (non-hydrogen) atoms. The van der Waals surface area contributed by atoms with Gasteiger partial charge in [-0.2, -0.15) is 0 Å². The Labute approximate surface area is 117 Å². The molecular formula is C14H22Br2. The van der Waals surface area contributed by atoms with Crippen LogP contribution in [0, 0.1) is 5.92 Å². The number of unbranched alkanes of at least 4 members (excludes halogenated alkanes) is 3. The summed E-state index contributed by atoms with van der Waals surface area (Å²) >= 11 is 7.14. The maximum atomic E-state index is 3.59. The predicted molar refractivity (Wildman–Crippen MR) is 80.3 cm³/mol. The van der Waals surface area contributed by atoms with E-state index in [1.165, 1.54) is 49.4 Å². The van der Waals surface area contributed by atoms with Crippen LogP contribution in [0.3, 0.4) is 0 Å². The van der Waals surface area contributed by atoms with Crippen molar-refractivity contribution in [3.8, 4) is 0 Å². The molecule has 2 atom stereocenters. The molecule has 2 unspecified atom stereocenters. The number of alkyl halides is 1. The second-order valence-electron chi connectivity index (χ2n) is 4.72. The molecule has 0 N–H and O–H groups in total. The fourth-order valence-electron chi connectivity index (χ4n) is 2.09. The molecule has 0 amide bonds. The number of allylic oxidation sites excluding steroid dienone is 4. The quantitative estimate of drug-likeness (QED) is 0.392. The second kappa shape index (κ2) is 8.52. The van der Waals surface area contributed by atoms with Crippen molar-refractivity contribution in [3.05, 3.63) is 22.7 Å². The lowest BCUT2D eigenvalue weighted by molar-refractivity contribution is 0.521. The first-order valence-corrected chi connectivity index (χ1v) is 8.07. The lowest BCUT2D eigenvalue weighted by Crippen LogP contribution is -1.99. The molecule has 92 valence electrons. The number of rotatable bonds is 7. The summed E-state index contributed by atoms with van der Waals surface area (Å²) in [4.78, 5) is 0.690. The number of hydrogen-bond donors (Lipinski definition) is 0. The van der Waals surface area contributed by atoms with Crippen LogP contribution in [0.25, 0.3) is 0 Å². The third-order valence-corrected chi connectivity index (χ3v) is 4.02. The van der Waals surface area contributed by atoms with E-state index in [4.69, 9.17) is 0 Å². The fourth-order valence-corrected chi connectivity index (χ4v) is 2.98. The topological polar surface area (TPSA) is 0 Å². The monoisotopic (exact) mass is 348 g/mol. The molecule has 0 nitrogen and oxygen atoms in total. The molecule has 0 bridgehead atoms. The van der Waals surface area contributed by atoms with Crippen molar-refractivity contribution in [3.63, 3.8) is 0 Å². The third-order valence-electron chi connectivity index (χ3n) is 3.04. The minimum absolute atomic E-state index is 0.690. The molecule has 0 saturated carbocycles. The van der Waals surface area contributed by atoms with Crippen LogP contribution in [0.5, 0.6) is 0 Å². The van der Waals surface area contributed by atoms with Crippen LogP contribution >= 0.6 is 31.9 Å². The zero-order chi connectivity index (χ0) is 11.8. The van der Waals surface area contributed by atoms with E-state index in [-0.39, 0.29) is 0 Å². The summed E-state index contributed by atoms with van der Waals surface area (Å²) in [6.07, 6.45) is 16.2. The summed E-state index contributed by atoms with van der Waals surface area (Å²) in [6.45, 7) is 2.23. The Balaban J connectivity index is 1.97. The first kappa shape index (κ1) is 14.5. The molecule has 0 heterocycles. The van der Waals surface area contributed by atoms with Gasteiger partial charge in [0.1, 0.15) is 0 Å². The smallest absolute Gasteiger partial charge is 0.0135 e. The maximum absolute atomic E-state index is 3.59. The molecule has 0 aliphatic heterocycles. The molecule has 0 fully saturated rings. The van der Waals surface area contributed by atoms with Gasteiger partial charge in [0.25, 0.3) is 0 Å². The zero-order valence-electron chi connectivity index (χ0n) is 10.1. The van der Waals surface area contributed by atoms with Crippen LogP contribution in [0.4, 0.5) is 0 Å². The van der Waals surface area contributed by atoms with Gasteiger partial charge in [-0.05, 0) is 25.2 Å². The largest absolute Gasteiger partial charge is 0.0894 e. The normalized spacial score (nSPS) is 21.9. The molecule has 1 aliphatic carbocycles. The predicted octanol–water partition coefficient (Wildman–Crippen LogP) is 5.97. The Morgan fingerprint density at radius 2 is 2.06 bits per heavy atom. The van der Waals surface area contributed by atoms with Crippen molar-refractivity contribution >= 4 is 31.9 Å². The van der Waals surface area contributed by atoms with Crippen LogP contribution in [0.1, 0.15) is 51.9 Å². The van der Waals surface area contributed by atoms with Crippen molar-refractivity contribution in [2.45, 2.75) is 56.7 Å². The standard InChI is InChI=1S/C14H22Br2/c1-12(15)7-4-2-3-5-8-13-9-6-10-14(16)11-13/h6,10-13H,2-5,7-9H2,1H3. The van der Waals surface area contributed by atoms with Gasteiger partial charge in [0, 0.05) is 9.31 Å². The van der Waals surface area contributed by atoms with Crippen LogP contribution in [-0.4, -0.2) is 4.83 Å². The first-order chi connectivity index (χ1) is 7.68. The lowest BCUT2D eigenvalue weighted by atomic mass is 9.94. The van der Waals surface area contributed by atoms with E-state index >= 15 is 0 Å². The van der Waals surface area contributed by atoms with Gasteiger partial charge in [-0.15, -0.1) is 0 Å². The van der Waals surface area contributed by atoms with Crippen molar-refractivity contribution in [2.75, 3.05) is 0 Å². The highest BCUT2D eigenvalue weighted by Crippen LogP contribution is 2.25. The van der Waals surface area contributed by atoms with Crippen LogP contribution < -0.4 is 0 Å². The first-order valence-electron chi connectivity index (χ1n) is 6.36. The van der Waals surface area contributed by atoms with Gasteiger partial charge < -0.3 is 0 Å². The van der Waals surface area contributed by atoms with Gasteiger partial charge in [0.05, 0.1) is 0 Å². The molecular weight excluding hydrogens is 328 g/mol. The molecule has 0 spiro atoms. The Morgan fingerprint density at radius 1 is 1.31 bits per heavy atom. The molecule has 0 radical (unpaired) electrons. The molecule has 0 aromatic heterocycles. The lowest BCUT2D eigenvalue weighted by Gasteiger charge is -2.14. The van der Waals surface area contributed by atoms with Gasteiger partial charge in [-0.3, -0.25) is 0 Å². The minimum atomic E-state index is 0.690. The van der Waals surface area contributed by atoms with Crippen molar-refractivity contribution in [1.29, 1.82) is 0 Å². The third kappa shape index (κ3) is 6.90. The molecule has 0 saturated heterocycles.